The Kier molecular flexibility index (Phi) is 3.82. The Bertz CT molecular complexity index is 444. The smallest absolute Gasteiger partial charge is 0.206 e. The quantitative estimate of drug-likeness (QED) is 0.576. The summed E-state index contributed by atoms with van der Waals surface area (Å²) in [6.45, 7) is 0.411. The molecule has 7 heteroatoms. The number of hydrogen-bond acceptors (Lipinski definition) is 3. The molecule has 1 heterocycles. The van der Waals surface area contributed by atoms with Crippen LogP contribution in [-0.2, 0) is 20.9 Å². The lowest BCUT2D eigenvalue weighted by atomic mass is 10.1. The number of hydrogen-bond donors (Lipinski definition) is 0. The van der Waals surface area contributed by atoms with E-state index in [2.05, 4.69) is 0 Å². The highest BCUT2D eigenvalue weighted by Crippen LogP contribution is 2.41. The Hall–Kier alpha value is -0.190. The summed E-state index contributed by atoms with van der Waals surface area (Å²) in [6, 6.07) is 1.99. The molecule has 2 nitrogen and oxygen atoms in total. The van der Waals surface area contributed by atoms with Gasteiger partial charge in [-0.15, -0.1) is 9.05 Å². The Labute approximate surface area is 102 Å². The largest absolute Gasteiger partial charge is 0.522 e. The zero-order chi connectivity index (χ0) is 11.7. The van der Waals surface area contributed by atoms with Gasteiger partial charge in [-0.1, -0.05) is 11.6 Å². The molecule has 1 aromatic carbocycles. The van der Waals surface area contributed by atoms with E-state index in [9.17, 15) is 8.78 Å². The van der Waals surface area contributed by atoms with E-state index in [0.29, 0.717) is 13.0 Å². The molecular formula is C9H7ClF2O2PS+. The molecule has 1 aliphatic rings. The average molecular weight is 284 g/mol. The zero-order valence-electron chi connectivity index (χ0n) is 7.95. The summed E-state index contributed by atoms with van der Waals surface area (Å²) < 4.78 is 36.8. The van der Waals surface area contributed by atoms with Gasteiger partial charge in [-0.3, -0.25) is 0 Å². The SMILES string of the molecule is Fc1cc(F)c(C2CCO[P+](=S)O2)cc1Cl. The van der Waals surface area contributed by atoms with Gasteiger partial charge >= 0.3 is 7.15 Å². The van der Waals surface area contributed by atoms with Crippen molar-refractivity contribution in [3.8, 4) is 0 Å². The van der Waals surface area contributed by atoms with Crippen LogP contribution in [0.2, 0.25) is 5.02 Å². The van der Waals surface area contributed by atoms with Crippen molar-refractivity contribution in [2.24, 2.45) is 0 Å². The van der Waals surface area contributed by atoms with Crippen LogP contribution in [0.4, 0.5) is 8.78 Å². The highest BCUT2D eigenvalue weighted by molar-refractivity contribution is 8.00. The first-order valence-electron chi connectivity index (χ1n) is 4.49. The van der Waals surface area contributed by atoms with E-state index >= 15 is 0 Å². The molecule has 0 radical (unpaired) electrons. The summed E-state index contributed by atoms with van der Waals surface area (Å²) in [6.07, 6.45) is -0.0237. The molecule has 0 saturated carbocycles. The maximum Gasteiger partial charge on any atom is 0.522 e. The average Bonchev–Trinajstić information content (AvgIpc) is 2.23. The molecule has 1 fully saturated rings. The first-order chi connectivity index (χ1) is 7.58. The Morgan fingerprint density at radius 1 is 1.38 bits per heavy atom. The van der Waals surface area contributed by atoms with Crippen molar-refractivity contribution in [3.63, 3.8) is 0 Å². The molecule has 1 saturated heterocycles. The van der Waals surface area contributed by atoms with E-state index in [1.165, 1.54) is 6.07 Å². The van der Waals surface area contributed by atoms with Crippen molar-refractivity contribution in [1.82, 2.24) is 0 Å². The van der Waals surface area contributed by atoms with Gasteiger partial charge in [0.25, 0.3) is 0 Å². The molecule has 16 heavy (non-hydrogen) atoms. The summed E-state index contributed by atoms with van der Waals surface area (Å²) in [5, 5.41) is -0.125. The predicted octanol–water partition coefficient (Wildman–Crippen LogP) is 3.87. The molecule has 0 amide bonds. The Morgan fingerprint density at radius 3 is 2.81 bits per heavy atom. The van der Waals surface area contributed by atoms with Crippen molar-refractivity contribution in [2.45, 2.75) is 12.5 Å². The monoisotopic (exact) mass is 283 g/mol. The molecule has 0 bridgehead atoms. The fraction of sp³-hybridized carbons (Fsp3) is 0.333. The van der Waals surface area contributed by atoms with Gasteiger partial charge in [0, 0.05) is 18.1 Å². The van der Waals surface area contributed by atoms with Crippen molar-refractivity contribution < 1.29 is 17.8 Å². The zero-order valence-corrected chi connectivity index (χ0v) is 10.4. The third kappa shape index (κ3) is 2.55. The second kappa shape index (κ2) is 4.98. The topological polar surface area (TPSA) is 18.5 Å². The molecule has 0 N–H and O–H groups in total. The van der Waals surface area contributed by atoms with Crippen LogP contribution in [-0.4, -0.2) is 6.61 Å². The fourth-order valence-electron chi connectivity index (χ4n) is 1.42. The minimum Gasteiger partial charge on any atom is -0.206 e. The van der Waals surface area contributed by atoms with Crippen LogP contribution in [0.3, 0.4) is 0 Å². The van der Waals surface area contributed by atoms with Crippen LogP contribution in [0.25, 0.3) is 0 Å². The van der Waals surface area contributed by atoms with Gasteiger partial charge in [0.2, 0.25) is 11.8 Å². The van der Waals surface area contributed by atoms with Crippen LogP contribution in [0.15, 0.2) is 12.1 Å². The van der Waals surface area contributed by atoms with Gasteiger partial charge in [-0.05, 0) is 6.07 Å². The predicted molar refractivity (Wildman–Crippen MR) is 60.0 cm³/mol. The number of halogens is 3. The molecular weight excluding hydrogens is 277 g/mol. The van der Waals surface area contributed by atoms with Crippen LogP contribution < -0.4 is 0 Å². The summed E-state index contributed by atoms with van der Waals surface area (Å²) in [7, 11) is -1.40. The minimum atomic E-state index is -1.40. The minimum absolute atomic E-state index is 0.125. The Balaban J connectivity index is 2.32. The lowest BCUT2D eigenvalue weighted by molar-refractivity contribution is 0.116. The van der Waals surface area contributed by atoms with Gasteiger partial charge in [-0.2, -0.15) is 0 Å². The number of rotatable bonds is 1. The molecule has 1 aliphatic heterocycles. The number of benzene rings is 1. The Morgan fingerprint density at radius 2 is 2.12 bits per heavy atom. The van der Waals surface area contributed by atoms with Crippen LogP contribution in [0.1, 0.15) is 18.1 Å². The lowest BCUT2D eigenvalue weighted by Gasteiger charge is -2.15. The lowest BCUT2D eigenvalue weighted by Crippen LogP contribution is -2.11. The van der Waals surface area contributed by atoms with Gasteiger partial charge < -0.3 is 0 Å². The van der Waals surface area contributed by atoms with E-state index in [1.807, 2.05) is 0 Å². The maximum atomic E-state index is 13.5. The van der Waals surface area contributed by atoms with E-state index in [4.69, 9.17) is 32.5 Å². The first-order valence-corrected chi connectivity index (χ1v) is 7.06. The highest BCUT2D eigenvalue weighted by atomic mass is 35.5. The van der Waals surface area contributed by atoms with Crippen molar-refractivity contribution in [1.29, 1.82) is 0 Å². The molecule has 2 rings (SSSR count). The van der Waals surface area contributed by atoms with Crippen molar-refractivity contribution in [2.75, 3.05) is 6.61 Å². The molecule has 86 valence electrons. The summed E-state index contributed by atoms with van der Waals surface area (Å²) in [5.41, 5.74) is 0.229. The molecule has 0 spiro atoms. The van der Waals surface area contributed by atoms with Gasteiger partial charge in [0.05, 0.1) is 5.02 Å². The van der Waals surface area contributed by atoms with E-state index < -0.39 is 24.9 Å². The molecule has 0 aromatic heterocycles. The van der Waals surface area contributed by atoms with E-state index in [-0.39, 0.29) is 10.6 Å². The summed E-state index contributed by atoms with van der Waals surface area (Å²) >= 11 is 10.5. The van der Waals surface area contributed by atoms with Crippen LogP contribution >= 0.6 is 18.8 Å². The second-order valence-corrected chi connectivity index (χ2v) is 5.45. The summed E-state index contributed by atoms with van der Waals surface area (Å²) in [5.74, 6) is -1.46. The van der Waals surface area contributed by atoms with Gasteiger partial charge in [-0.25, -0.2) is 8.78 Å². The standard InChI is InChI=1S/C9H7ClF2O2PS/c10-6-3-5(7(11)4-8(6)12)9-1-2-13-15(16)14-9/h3-4,9H,1-2H2/q+1. The highest BCUT2D eigenvalue weighted by Gasteiger charge is 2.32. The third-order valence-corrected chi connectivity index (χ3v) is 3.86. The van der Waals surface area contributed by atoms with Crippen molar-refractivity contribution in [3.05, 3.63) is 34.4 Å². The first kappa shape index (κ1) is 12.3. The molecule has 2 atom stereocenters. The molecule has 2 unspecified atom stereocenters. The normalized spacial score (nSPS) is 23.4. The maximum absolute atomic E-state index is 13.5. The fourth-order valence-corrected chi connectivity index (χ4v) is 2.87. The van der Waals surface area contributed by atoms with E-state index in [0.717, 1.165) is 6.07 Å². The summed E-state index contributed by atoms with van der Waals surface area (Å²) in [4.78, 5) is 0. The second-order valence-electron chi connectivity index (χ2n) is 3.23. The molecule has 0 aliphatic carbocycles. The molecule has 1 aromatic rings. The van der Waals surface area contributed by atoms with Crippen LogP contribution in [0.5, 0.6) is 0 Å². The van der Waals surface area contributed by atoms with E-state index in [1.54, 1.807) is 0 Å². The van der Waals surface area contributed by atoms with Gasteiger partial charge in [0.15, 0.2) is 0 Å². The van der Waals surface area contributed by atoms with Crippen LogP contribution in [0, 0.1) is 11.6 Å². The third-order valence-electron chi connectivity index (χ3n) is 2.18. The van der Waals surface area contributed by atoms with Gasteiger partial charge in [0.1, 0.15) is 24.3 Å². The van der Waals surface area contributed by atoms with Crippen molar-refractivity contribution >= 4 is 30.6 Å².